The number of benzene rings is 2. The van der Waals surface area contributed by atoms with Crippen molar-refractivity contribution in [2.75, 3.05) is 0 Å². The highest BCUT2D eigenvalue weighted by Crippen LogP contribution is 2.23. The summed E-state index contributed by atoms with van der Waals surface area (Å²) in [6.45, 7) is 0. The Kier molecular flexibility index (Phi) is 5.33. The average Bonchev–Trinajstić information content (AvgIpc) is 3.47. The Labute approximate surface area is 170 Å². The maximum atomic E-state index is 12.5. The van der Waals surface area contributed by atoms with E-state index in [1.165, 1.54) is 18.4 Å². The van der Waals surface area contributed by atoms with Gasteiger partial charge in [0, 0.05) is 24.1 Å². The summed E-state index contributed by atoms with van der Waals surface area (Å²) < 4.78 is 10.6. The molecule has 1 atom stereocenters. The van der Waals surface area contributed by atoms with Crippen LogP contribution in [0.1, 0.15) is 28.1 Å². The molecule has 4 rings (SSSR count). The van der Waals surface area contributed by atoms with Crippen molar-refractivity contribution in [3.63, 3.8) is 0 Å². The van der Waals surface area contributed by atoms with E-state index in [0.29, 0.717) is 12.0 Å². The molecule has 30 heavy (non-hydrogen) atoms. The van der Waals surface area contributed by atoms with Crippen LogP contribution in [-0.4, -0.2) is 21.0 Å². The van der Waals surface area contributed by atoms with E-state index in [4.69, 9.17) is 8.94 Å². The number of carbonyl (C=O) groups excluding carboxylic acids is 1. The Hall–Kier alpha value is -4.27. The molecule has 2 aromatic heterocycles. The van der Waals surface area contributed by atoms with Gasteiger partial charge in [0.05, 0.1) is 11.2 Å². The number of hydrogen-bond donors (Lipinski definition) is 1. The van der Waals surface area contributed by atoms with E-state index in [-0.39, 0.29) is 23.2 Å². The third-order valence-electron chi connectivity index (χ3n) is 4.41. The van der Waals surface area contributed by atoms with Crippen molar-refractivity contribution in [1.82, 2.24) is 15.5 Å². The van der Waals surface area contributed by atoms with Crippen LogP contribution in [-0.2, 0) is 6.42 Å². The number of nitro benzene ring substituents is 1. The zero-order valence-electron chi connectivity index (χ0n) is 15.6. The Morgan fingerprint density at radius 3 is 2.50 bits per heavy atom. The summed E-state index contributed by atoms with van der Waals surface area (Å²) in [6.07, 6.45) is 1.84. The zero-order valence-corrected chi connectivity index (χ0v) is 15.6. The lowest BCUT2D eigenvalue weighted by Crippen LogP contribution is -2.30. The van der Waals surface area contributed by atoms with Crippen LogP contribution < -0.4 is 5.32 Å². The fourth-order valence-electron chi connectivity index (χ4n) is 2.91. The second-order valence-corrected chi connectivity index (χ2v) is 6.45. The first kappa shape index (κ1) is 19.1. The van der Waals surface area contributed by atoms with Crippen LogP contribution in [0.2, 0.25) is 0 Å². The Morgan fingerprint density at radius 2 is 1.83 bits per heavy atom. The summed E-state index contributed by atoms with van der Waals surface area (Å²) in [6, 6.07) is 18.0. The van der Waals surface area contributed by atoms with Crippen molar-refractivity contribution in [3.05, 3.63) is 100 Å². The van der Waals surface area contributed by atoms with Gasteiger partial charge in [-0.25, -0.2) is 0 Å². The van der Waals surface area contributed by atoms with Gasteiger partial charge in [0.25, 0.3) is 11.6 Å². The molecular weight excluding hydrogens is 388 g/mol. The minimum absolute atomic E-state index is 0.0323. The number of carbonyl (C=O) groups is 1. The number of nitrogens with zero attached hydrogens (tertiary/aromatic N) is 3. The SMILES string of the molecule is O=C(NC(Cc1ccccc1)c1nc(-c2ccc([N+](=O)[O-])cc2)no1)c1ccco1. The Bertz CT molecular complexity index is 1140. The van der Waals surface area contributed by atoms with Crippen molar-refractivity contribution in [2.45, 2.75) is 12.5 Å². The summed E-state index contributed by atoms with van der Waals surface area (Å²) in [4.78, 5) is 27.2. The number of hydrogen-bond acceptors (Lipinski definition) is 7. The first-order valence-corrected chi connectivity index (χ1v) is 9.07. The van der Waals surface area contributed by atoms with Gasteiger partial charge < -0.3 is 14.3 Å². The van der Waals surface area contributed by atoms with Crippen LogP contribution in [0.4, 0.5) is 5.69 Å². The number of nitrogens with one attached hydrogen (secondary N) is 1. The lowest BCUT2D eigenvalue weighted by molar-refractivity contribution is -0.384. The molecule has 0 bridgehead atoms. The molecule has 150 valence electrons. The second-order valence-electron chi connectivity index (χ2n) is 6.45. The molecule has 0 aliphatic heterocycles. The molecule has 0 saturated carbocycles. The molecule has 2 heterocycles. The summed E-state index contributed by atoms with van der Waals surface area (Å²) in [5.74, 6) is 0.247. The van der Waals surface area contributed by atoms with Gasteiger partial charge >= 0.3 is 0 Å². The largest absolute Gasteiger partial charge is 0.459 e. The average molecular weight is 404 g/mol. The van der Waals surface area contributed by atoms with Gasteiger partial charge in [-0.15, -0.1) is 0 Å². The lowest BCUT2D eigenvalue weighted by Gasteiger charge is -2.14. The standard InChI is InChI=1S/C21H16N4O5/c26-20(18-7-4-12-29-18)22-17(13-14-5-2-1-3-6-14)21-23-19(24-30-21)15-8-10-16(11-9-15)25(27)28/h1-12,17H,13H2,(H,22,26). The maximum absolute atomic E-state index is 12.5. The fourth-order valence-corrected chi connectivity index (χ4v) is 2.91. The number of furan rings is 1. The molecule has 0 radical (unpaired) electrons. The quantitative estimate of drug-likeness (QED) is 0.365. The smallest absolute Gasteiger partial charge is 0.287 e. The molecule has 1 amide bonds. The molecular formula is C21H16N4O5. The van der Waals surface area contributed by atoms with Crippen LogP contribution in [0.25, 0.3) is 11.4 Å². The van der Waals surface area contributed by atoms with Crippen LogP contribution >= 0.6 is 0 Å². The lowest BCUT2D eigenvalue weighted by atomic mass is 10.1. The Balaban J connectivity index is 1.60. The normalized spacial score (nSPS) is 11.7. The zero-order chi connectivity index (χ0) is 20.9. The number of amides is 1. The third-order valence-corrected chi connectivity index (χ3v) is 4.41. The van der Waals surface area contributed by atoms with E-state index in [2.05, 4.69) is 15.5 Å². The predicted octanol–water partition coefficient (Wildman–Crippen LogP) is 3.95. The molecule has 0 saturated heterocycles. The van der Waals surface area contributed by atoms with E-state index >= 15 is 0 Å². The number of rotatable bonds is 7. The monoisotopic (exact) mass is 404 g/mol. The molecule has 9 heteroatoms. The molecule has 1 N–H and O–H groups in total. The first-order chi connectivity index (χ1) is 14.6. The Morgan fingerprint density at radius 1 is 1.07 bits per heavy atom. The summed E-state index contributed by atoms with van der Waals surface area (Å²) >= 11 is 0. The van der Waals surface area contributed by atoms with Crippen molar-refractivity contribution < 1.29 is 18.7 Å². The summed E-state index contributed by atoms with van der Waals surface area (Å²) in [5.41, 5.74) is 1.50. The molecule has 2 aromatic carbocycles. The third kappa shape index (κ3) is 4.25. The highest BCUT2D eigenvalue weighted by atomic mass is 16.6. The minimum atomic E-state index is -0.593. The molecule has 0 aliphatic carbocycles. The molecule has 0 spiro atoms. The predicted molar refractivity (Wildman–Crippen MR) is 105 cm³/mol. The maximum Gasteiger partial charge on any atom is 0.287 e. The van der Waals surface area contributed by atoms with Crippen LogP contribution in [0, 0.1) is 10.1 Å². The van der Waals surface area contributed by atoms with Crippen molar-refractivity contribution in [3.8, 4) is 11.4 Å². The van der Waals surface area contributed by atoms with Gasteiger partial charge in [0.15, 0.2) is 5.76 Å². The molecule has 9 nitrogen and oxygen atoms in total. The number of nitro groups is 1. The van der Waals surface area contributed by atoms with Gasteiger partial charge in [-0.3, -0.25) is 14.9 Å². The summed E-state index contributed by atoms with van der Waals surface area (Å²) in [7, 11) is 0. The van der Waals surface area contributed by atoms with E-state index in [1.807, 2.05) is 30.3 Å². The van der Waals surface area contributed by atoms with Crippen molar-refractivity contribution in [1.29, 1.82) is 0 Å². The molecule has 0 aliphatic rings. The van der Waals surface area contributed by atoms with Gasteiger partial charge in [0.2, 0.25) is 11.7 Å². The van der Waals surface area contributed by atoms with E-state index in [0.717, 1.165) is 5.56 Å². The van der Waals surface area contributed by atoms with E-state index in [1.54, 1.807) is 24.3 Å². The first-order valence-electron chi connectivity index (χ1n) is 9.07. The summed E-state index contributed by atoms with van der Waals surface area (Å²) in [5, 5.41) is 17.6. The van der Waals surface area contributed by atoms with Crippen LogP contribution in [0.5, 0.6) is 0 Å². The molecule has 1 unspecified atom stereocenters. The molecule has 4 aromatic rings. The number of non-ortho nitro benzene ring substituents is 1. The highest BCUT2D eigenvalue weighted by molar-refractivity contribution is 5.91. The van der Waals surface area contributed by atoms with E-state index in [9.17, 15) is 14.9 Å². The van der Waals surface area contributed by atoms with Crippen molar-refractivity contribution >= 4 is 11.6 Å². The van der Waals surface area contributed by atoms with Gasteiger partial charge in [-0.05, 0) is 29.8 Å². The number of aromatic nitrogens is 2. The molecule has 0 fully saturated rings. The van der Waals surface area contributed by atoms with Gasteiger partial charge in [-0.2, -0.15) is 4.98 Å². The van der Waals surface area contributed by atoms with Crippen molar-refractivity contribution in [2.24, 2.45) is 0 Å². The van der Waals surface area contributed by atoms with Crippen LogP contribution in [0.15, 0.2) is 81.9 Å². The van der Waals surface area contributed by atoms with Gasteiger partial charge in [0.1, 0.15) is 6.04 Å². The highest BCUT2D eigenvalue weighted by Gasteiger charge is 2.24. The second kappa shape index (κ2) is 8.39. The fraction of sp³-hybridized carbons (Fsp3) is 0.0952. The topological polar surface area (TPSA) is 124 Å². The van der Waals surface area contributed by atoms with Gasteiger partial charge in [-0.1, -0.05) is 35.5 Å². The minimum Gasteiger partial charge on any atom is -0.459 e. The van der Waals surface area contributed by atoms with Crippen LogP contribution in [0.3, 0.4) is 0 Å². The van der Waals surface area contributed by atoms with E-state index < -0.39 is 16.9 Å².